The summed E-state index contributed by atoms with van der Waals surface area (Å²) >= 11 is 0. The van der Waals surface area contributed by atoms with Crippen molar-refractivity contribution >= 4 is 10.0 Å². The first kappa shape index (κ1) is 14.0. The fourth-order valence-electron chi connectivity index (χ4n) is 2.40. The van der Waals surface area contributed by atoms with Gasteiger partial charge in [0.1, 0.15) is 0 Å². The molecule has 1 aliphatic heterocycles. The number of hydrogen-bond acceptors (Lipinski definition) is 2. The maximum Gasteiger partial charge on any atom is 0.213 e. The van der Waals surface area contributed by atoms with Crippen molar-refractivity contribution in [3.8, 4) is 0 Å². The Morgan fingerprint density at radius 2 is 1.81 bits per heavy atom. The molecule has 1 rings (SSSR count). The van der Waals surface area contributed by atoms with Crippen molar-refractivity contribution < 1.29 is 8.42 Å². The van der Waals surface area contributed by atoms with Gasteiger partial charge in [0, 0.05) is 13.1 Å². The van der Waals surface area contributed by atoms with Crippen molar-refractivity contribution in [1.29, 1.82) is 0 Å². The number of rotatable bonds is 2. The van der Waals surface area contributed by atoms with Gasteiger partial charge in [-0.15, -0.1) is 0 Å². The van der Waals surface area contributed by atoms with E-state index in [0.717, 1.165) is 19.3 Å². The van der Waals surface area contributed by atoms with Gasteiger partial charge in [-0.3, -0.25) is 0 Å². The molecule has 1 heterocycles. The SMILES string of the molecule is CCS(=O)(=O)N1CCCC(C(C)(C)C)CC1. The molecule has 0 aromatic rings. The van der Waals surface area contributed by atoms with Crippen molar-refractivity contribution in [2.75, 3.05) is 18.8 Å². The summed E-state index contributed by atoms with van der Waals surface area (Å²) < 4.78 is 25.3. The minimum atomic E-state index is -2.98. The molecule has 3 nitrogen and oxygen atoms in total. The van der Waals surface area contributed by atoms with E-state index in [-0.39, 0.29) is 5.75 Å². The molecular weight excluding hydrogens is 222 g/mol. The fraction of sp³-hybridized carbons (Fsp3) is 1.00. The van der Waals surface area contributed by atoms with Gasteiger partial charge in [0.15, 0.2) is 0 Å². The summed E-state index contributed by atoms with van der Waals surface area (Å²) in [5.74, 6) is 0.872. The van der Waals surface area contributed by atoms with Gasteiger partial charge in [-0.05, 0) is 37.5 Å². The van der Waals surface area contributed by atoms with Gasteiger partial charge in [-0.1, -0.05) is 20.8 Å². The fourth-order valence-corrected chi connectivity index (χ4v) is 3.55. The zero-order valence-corrected chi connectivity index (χ0v) is 11.8. The van der Waals surface area contributed by atoms with Gasteiger partial charge in [-0.2, -0.15) is 0 Å². The van der Waals surface area contributed by atoms with Gasteiger partial charge in [0.05, 0.1) is 5.75 Å². The van der Waals surface area contributed by atoms with Crippen LogP contribution >= 0.6 is 0 Å². The van der Waals surface area contributed by atoms with E-state index < -0.39 is 10.0 Å². The van der Waals surface area contributed by atoms with Crippen LogP contribution in [-0.2, 0) is 10.0 Å². The van der Waals surface area contributed by atoms with E-state index >= 15 is 0 Å². The lowest BCUT2D eigenvalue weighted by Crippen LogP contribution is -2.33. The third kappa shape index (κ3) is 3.45. The maximum absolute atomic E-state index is 11.8. The molecule has 0 aliphatic carbocycles. The standard InChI is InChI=1S/C12H25NO2S/c1-5-16(14,15)13-9-6-7-11(8-10-13)12(2,3)4/h11H,5-10H2,1-4H3. The summed E-state index contributed by atoms with van der Waals surface area (Å²) in [7, 11) is -2.98. The largest absolute Gasteiger partial charge is 0.213 e. The predicted octanol–water partition coefficient (Wildman–Crippen LogP) is 2.48. The Hall–Kier alpha value is -0.0900. The van der Waals surface area contributed by atoms with Gasteiger partial charge in [0.25, 0.3) is 0 Å². The smallest absolute Gasteiger partial charge is 0.212 e. The second kappa shape index (κ2) is 5.05. The summed E-state index contributed by atoms with van der Waals surface area (Å²) in [6.07, 6.45) is 3.16. The van der Waals surface area contributed by atoms with E-state index in [4.69, 9.17) is 0 Å². The third-order valence-corrected chi connectivity index (χ3v) is 5.55. The van der Waals surface area contributed by atoms with E-state index in [0.29, 0.717) is 24.4 Å². The average Bonchev–Trinajstić information content (AvgIpc) is 2.42. The Morgan fingerprint density at radius 3 is 2.31 bits per heavy atom. The van der Waals surface area contributed by atoms with E-state index in [1.54, 1.807) is 11.2 Å². The first-order valence-corrected chi connectivity index (χ1v) is 7.86. The normalized spacial score (nSPS) is 25.4. The molecule has 0 spiro atoms. The van der Waals surface area contributed by atoms with Crippen LogP contribution in [0.2, 0.25) is 0 Å². The summed E-state index contributed by atoms with van der Waals surface area (Å²) in [4.78, 5) is 0. The van der Waals surface area contributed by atoms with Crippen LogP contribution in [0.4, 0.5) is 0 Å². The van der Waals surface area contributed by atoms with Crippen LogP contribution in [-0.4, -0.2) is 31.6 Å². The predicted molar refractivity (Wildman–Crippen MR) is 67.8 cm³/mol. The highest BCUT2D eigenvalue weighted by Gasteiger charge is 2.30. The third-order valence-electron chi connectivity index (χ3n) is 3.67. The summed E-state index contributed by atoms with van der Waals surface area (Å²) in [6.45, 7) is 9.90. The van der Waals surface area contributed by atoms with Crippen molar-refractivity contribution in [1.82, 2.24) is 4.31 Å². The van der Waals surface area contributed by atoms with E-state index in [1.807, 2.05) is 0 Å². The zero-order chi connectivity index (χ0) is 12.4. The second-order valence-electron chi connectivity index (χ2n) is 5.79. The molecule has 0 aromatic heterocycles. The molecule has 0 bridgehead atoms. The Labute approximate surface area is 100 Å². The van der Waals surface area contributed by atoms with Crippen LogP contribution in [0.5, 0.6) is 0 Å². The van der Waals surface area contributed by atoms with Crippen molar-refractivity contribution in [3.05, 3.63) is 0 Å². The van der Waals surface area contributed by atoms with E-state index in [2.05, 4.69) is 20.8 Å². The molecular formula is C12H25NO2S. The molecule has 1 unspecified atom stereocenters. The Morgan fingerprint density at radius 1 is 1.19 bits per heavy atom. The quantitative estimate of drug-likeness (QED) is 0.752. The minimum Gasteiger partial charge on any atom is -0.212 e. The number of hydrogen-bond donors (Lipinski definition) is 0. The highest BCUT2D eigenvalue weighted by atomic mass is 32.2. The van der Waals surface area contributed by atoms with Crippen LogP contribution in [0, 0.1) is 11.3 Å². The molecule has 0 aromatic carbocycles. The summed E-state index contributed by atoms with van der Waals surface area (Å²) in [5.41, 5.74) is 0.298. The van der Waals surface area contributed by atoms with Crippen molar-refractivity contribution in [3.63, 3.8) is 0 Å². The highest BCUT2D eigenvalue weighted by molar-refractivity contribution is 7.89. The first-order chi connectivity index (χ1) is 7.27. The van der Waals surface area contributed by atoms with Gasteiger partial charge >= 0.3 is 0 Å². The van der Waals surface area contributed by atoms with Crippen LogP contribution in [0.15, 0.2) is 0 Å². The number of nitrogens with zero attached hydrogens (tertiary/aromatic N) is 1. The van der Waals surface area contributed by atoms with Gasteiger partial charge in [0.2, 0.25) is 10.0 Å². The molecule has 0 amide bonds. The van der Waals surface area contributed by atoms with E-state index in [9.17, 15) is 8.42 Å². The molecule has 0 N–H and O–H groups in total. The topological polar surface area (TPSA) is 37.4 Å². The Kier molecular flexibility index (Phi) is 4.41. The molecule has 1 fully saturated rings. The van der Waals surface area contributed by atoms with Gasteiger partial charge in [-0.25, -0.2) is 12.7 Å². The summed E-state index contributed by atoms with van der Waals surface area (Å²) in [6, 6.07) is 0. The lowest BCUT2D eigenvalue weighted by molar-refractivity contribution is 0.217. The molecule has 1 aliphatic rings. The maximum atomic E-state index is 11.8. The van der Waals surface area contributed by atoms with Crippen molar-refractivity contribution in [2.45, 2.75) is 47.0 Å². The molecule has 1 atom stereocenters. The molecule has 0 radical (unpaired) electrons. The van der Waals surface area contributed by atoms with Crippen LogP contribution < -0.4 is 0 Å². The first-order valence-electron chi connectivity index (χ1n) is 6.25. The van der Waals surface area contributed by atoms with E-state index in [1.165, 1.54) is 0 Å². The molecule has 96 valence electrons. The van der Waals surface area contributed by atoms with Crippen LogP contribution in [0.1, 0.15) is 47.0 Å². The average molecular weight is 247 g/mol. The van der Waals surface area contributed by atoms with Crippen LogP contribution in [0.25, 0.3) is 0 Å². The Balaban J connectivity index is 2.67. The highest BCUT2D eigenvalue weighted by Crippen LogP contribution is 2.34. The monoisotopic (exact) mass is 247 g/mol. The molecule has 16 heavy (non-hydrogen) atoms. The Bertz CT molecular complexity index is 316. The lowest BCUT2D eigenvalue weighted by atomic mass is 9.77. The molecule has 0 saturated carbocycles. The molecule has 4 heteroatoms. The minimum absolute atomic E-state index is 0.229. The van der Waals surface area contributed by atoms with Crippen LogP contribution in [0.3, 0.4) is 0 Å². The zero-order valence-electron chi connectivity index (χ0n) is 11.0. The summed E-state index contributed by atoms with van der Waals surface area (Å²) in [5, 5.41) is 0. The second-order valence-corrected chi connectivity index (χ2v) is 8.05. The molecule has 1 saturated heterocycles. The lowest BCUT2D eigenvalue weighted by Gasteiger charge is -2.29. The van der Waals surface area contributed by atoms with Crippen molar-refractivity contribution in [2.24, 2.45) is 11.3 Å². The van der Waals surface area contributed by atoms with Gasteiger partial charge < -0.3 is 0 Å². The number of sulfonamides is 1.